The van der Waals surface area contributed by atoms with Crippen molar-refractivity contribution in [1.82, 2.24) is 4.57 Å². The molecule has 0 radical (unpaired) electrons. The van der Waals surface area contributed by atoms with E-state index in [1.165, 1.54) is 44.1 Å². The Morgan fingerprint density at radius 3 is 1.44 bits per heavy atom. The van der Waals surface area contributed by atoms with Crippen molar-refractivity contribution in [3.05, 3.63) is 152 Å². The summed E-state index contributed by atoms with van der Waals surface area (Å²) in [6, 6.07) is 54.2. The van der Waals surface area contributed by atoms with Gasteiger partial charge in [-0.15, -0.1) is 0 Å². The van der Waals surface area contributed by atoms with Gasteiger partial charge in [0.25, 0.3) is 0 Å². The lowest BCUT2D eigenvalue weighted by atomic mass is 9.99. The molecule has 0 aliphatic rings. The quantitative estimate of drug-likeness (QED) is 0.228. The maximum absolute atomic E-state index is 2.32. The summed E-state index contributed by atoms with van der Waals surface area (Å²) in [5.41, 5.74) is 10.8. The second-order valence-corrected chi connectivity index (χ2v) is 9.94. The number of anilines is 3. The number of hydrogen-bond donors (Lipinski definition) is 0. The van der Waals surface area contributed by atoms with Gasteiger partial charge in [0, 0.05) is 45.9 Å². The van der Waals surface area contributed by atoms with Gasteiger partial charge in [0.05, 0.1) is 0 Å². The summed E-state index contributed by atoms with van der Waals surface area (Å²) in [5.74, 6) is 0. The average Bonchev–Trinajstić information content (AvgIpc) is 3.30. The molecule has 0 aliphatic carbocycles. The zero-order valence-corrected chi connectivity index (χ0v) is 21.8. The predicted octanol–water partition coefficient (Wildman–Crippen LogP) is 10.1. The van der Waals surface area contributed by atoms with Crippen LogP contribution in [-0.4, -0.2) is 4.57 Å². The van der Waals surface area contributed by atoms with Crippen molar-refractivity contribution < 1.29 is 0 Å². The Kier molecular flexibility index (Phi) is 5.71. The number of nitrogens with zero attached hydrogens (tertiary/aromatic N) is 2. The second-order valence-electron chi connectivity index (χ2n) is 9.94. The number of fused-ring (bicyclic) bond motifs is 3. The molecular formula is C37H28N2. The third-order valence-corrected chi connectivity index (χ3v) is 7.62. The lowest BCUT2D eigenvalue weighted by Crippen LogP contribution is -2.09. The third-order valence-electron chi connectivity index (χ3n) is 7.62. The summed E-state index contributed by atoms with van der Waals surface area (Å²) in [6.45, 7) is 0. The van der Waals surface area contributed by atoms with Crippen molar-refractivity contribution in [3.8, 4) is 22.3 Å². The molecule has 0 fully saturated rings. The Morgan fingerprint density at radius 2 is 0.821 bits per heavy atom. The predicted molar refractivity (Wildman–Crippen MR) is 166 cm³/mol. The van der Waals surface area contributed by atoms with Crippen LogP contribution in [0.2, 0.25) is 0 Å². The van der Waals surface area contributed by atoms with E-state index in [1.807, 2.05) is 0 Å². The first-order valence-corrected chi connectivity index (χ1v) is 13.3. The molecule has 0 unspecified atom stereocenters. The van der Waals surface area contributed by atoms with Gasteiger partial charge < -0.3 is 9.47 Å². The van der Waals surface area contributed by atoms with E-state index in [2.05, 4.69) is 168 Å². The minimum atomic E-state index is 1.14. The molecule has 0 saturated heterocycles. The molecular weight excluding hydrogens is 472 g/mol. The van der Waals surface area contributed by atoms with Crippen LogP contribution in [0.3, 0.4) is 0 Å². The standard InChI is InChI=1S/C37H28N2/c1-38-36-15-9-8-14-34(36)35-26-30(22-25-37(35)38)29-18-16-27(17-19-29)28-20-23-33(24-21-28)39(31-10-4-2-5-11-31)32-12-6-3-7-13-32/h2-26H,1H3. The number of aromatic nitrogens is 1. The summed E-state index contributed by atoms with van der Waals surface area (Å²) in [5, 5.41) is 2.60. The van der Waals surface area contributed by atoms with Crippen LogP contribution in [0.15, 0.2) is 152 Å². The van der Waals surface area contributed by atoms with Gasteiger partial charge in [0.1, 0.15) is 0 Å². The highest BCUT2D eigenvalue weighted by Crippen LogP contribution is 2.36. The topological polar surface area (TPSA) is 8.17 Å². The Bertz CT molecular complexity index is 1840. The molecule has 6 aromatic carbocycles. The minimum absolute atomic E-state index is 1.14. The molecule has 1 heterocycles. The van der Waals surface area contributed by atoms with Crippen LogP contribution in [0.4, 0.5) is 17.1 Å². The van der Waals surface area contributed by atoms with E-state index in [9.17, 15) is 0 Å². The van der Waals surface area contributed by atoms with Crippen LogP contribution in [-0.2, 0) is 7.05 Å². The van der Waals surface area contributed by atoms with Gasteiger partial charge in [0.15, 0.2) is 0 Å². The van der Waals surface area contributed by atoms with E-state index >= 15 is 0 Å². The van der Waals surface area contributed by atoms with Crippen molar-refractivity contribution in [2.24, 2.45) is 7.05 Å². The van der Waals surface area contributed by atoms with Gasteiger partial charge in [-0.1, -0.05) is 97.1 Å². The number of aryl methyl sites for hydroxylation is 1. The fourth-order valence-electron chi connectivity index (χ4n) is 5.61. The largest absolute Gasteiger partial charge is 0.344 e. The maximum Gasteiger partial charge on any atom is 0.0489 e. The number of hydrogen-bond acceptors (Lipinski definition) is 1. The Labute approximate surface area is 229 Å². The normalized spacial score (nSPS) is 11.2. The molecule has 1 aromatic heterocycles. The number of para-hydroxylation sites is 3. The molecule has 0 atom stereocenters. The highest BCUT2D eigenvalue weighted by atomic mass is 15.1. The zero-order valence-electron chi connectivity index (χ0n) is 21.8. The van der Waals surface area contributed by atoms with E-state index in [4.69, 9.17) is 0 Å². The summed E-state index contributed by atoms with van der Waals surface area (Å²) in [4.78, 5) is 2.29. The third kappa shape index (κ3) is 4.17. The summed E-state index contributed by atoms with van der Waals surface area (Å²) < 4.78 is 2.28. The monoisotopic (exact) mass is 500 g/mol. The number of benzene rings is 6. The van der Waals surface area contributed by atoms with Gasteiger partial charge in [0.2, 0.25) is 0 Å². The lowest BCUT2D eigenvalue weighted by Gasteiger charge is -2.25. The molecule has 39 heavy (non-hydrogen) atoms. The van der Waals surface area contributed by atoms with Crippen LogP contribution in [0.5, 0.6) is 0 Å². The smallest absolute Gasteiger partial charge is 0.0489 e. The summed E-state index contributed by atoms with van der Waals surface area (Å²) >= 11 is 0. The van der Waals surface area contributed by atoms with E-state index < -0.39 is 0 Å². The molecule has 7 aromatic rings. The van der Waals surface area contributed by atoms with Gasteiger partial charge in [-0.25, -0.2) is 0 Å². The Hall–Kier alpha value is -5.08. The fourth-order valence-corrected chi connectivity index (χ4v) is 5.61. The van der Waals surface area contributed by atoms with E-state index in [0.29, 0.717) is 0 Å². The first-order valence-electron chi connectivity index (χ1n) is 13.3. The summed E-state index contributed by atoms with van der Waals surface area (Å²) in [6.07, 6.45) is 0. The van der Waals surface area contributed by atoms with Crippen molar-refractivity contribution >= 4 is 38.9 Å². The second kappa shape index (κ2) is 9.66. The Morgan fingerprint density at radius 1 is 0.385 bits per heavy atom. The Balaban J connectivity index is 1.20. The molecule has 0 bridgehead atoms. The highest BCUT2D eigenvalue weighted by molar-refractivity contribution is 6.09. The van der Waals surface area contributed by atoms with Crippen LogP contribution in [0.1, 0.15) is 0 Å². The lowest BCUT2D eigenvalue weighted by molar-refractivity contribution is 1.01. The van der Waals surface area contributed by atoms with Gasteiger partial charge >= 0.3 is 0 Å². The zero-order chi connectivity index (χ0) is 26.2. The van der Waals surface area contributed by atoms with Crippen LogP contribution < -0.4 is 4.90 Å². The fraction of sp³-hybridized carbons (Fsp3) is 0.0270. The molecule has 0 aliphatic heterocycles. The minimum Gasteiger partial charge on any atom is -0.344 e. The molecule has 0 amide bonds. The summed E-state index contributed by atoms with van der Waals surface area (Å²) in [7, 11) is 2.14. The van der Waals surface area contributed by atoms with Crippen LogP contribution in [0.25, 0.3) is 44.1 Å². The molecule has 0 spiro atoms. The van der Waals surface area contributed by atoms with Crippen molar-refractivity contribution in [1.29, 1.82) is 0 Å². The van der Waals surface area contributed by atoms with Crippen molar-refractivity contribution in [2.45, 2.75) is 0 Å². The maximum atomic E-state index is 2.32. The number of rotatable bonds is 5. The SMILES string of the molecule is Cn1c2ccccc2c2cc(-c3ccc(-c4ccc(N(c5ccccc5)c5ccccc5)cc4)cc3)ccc21. The molecule has 7 rings (SSSR count). The molecule has 186 valence electrons. The molecule has 0 saturated carbocycles. The highest BCUT2D eigenvalue weighted by Gasteiger charge is 2.12. The van der Waals surface area contributed by atoms with Crippen LogP contribution in [0, 0.1) is 0 Å². The first-order chi connectivity index (χ1) is 19.3. The van der Waals surface area contributed by atoms with Gasteiger partial charge in [-0.3, -0.25) is 0 Å². The average molecular weight is 501 g/mol. The van der Waals surface area contributed by atoms with E-state index in [1.54, 1.807) is 0 Å². The molecule has 0 N–H and O–H groups in total. The van der Waals surface area contributed by atoms with Crippen molar-refractivity contribution in [2.75, 3.05) is 4.90 Å². The molecule has 2 nitrogen and oxygen atoms in total. The van der Waals surface area contributed by atoms with Gasteiger partial charge in [-0.2, -0.15) is 0 Å². The van der Waals surface area contributed by atoms with E-state index in [0.717, 1.165) is 17.1 Å². The van der Waals surface area contributed by atoms with Crippen molar-refractivity contribution in [3.63, 3.8) is 0 Å². The molecule has 2 heteroatoms. The van der Waals surface area contributed by atoms with E-state index in [-0.39, 0.29) is 0 Å². The van der Waals surface area contributed by atoms with Crippen LogP contribution >= 0.6 is 0 Å². The van der Waals surface area contributed by atoms with Gasteiger partial charge in [-0.05, 0) is 76.9 Å². The first kappa shape index (κ1) is 23.1.